The molecule has 0 amide bonds. The van der Waals surface area contributed by atoms with Crippen molar-refractivity contribution in [1.82, 2.24) is 33.6 Å². The van der Waals surface area contributed by atoms with E-state index in [4.69, 9.17) is 15.1 Å². The van der Waals surface area contributed by atoms with Gasteiger partial charge in [-0.2, -0.15) is 9.50 Å². The highest BCUT2D eigenvalue weighted by Gasteiger charge is 2.28. The number of hydrogen-bond acceptors (Lipinski definition) is 7. The number of nitrogen functional groups attached to an aromatic ring is 1. The third-order valence-corrected chi connectivity index (χ3v) is 7.90. The van der Waals surface area contributed by atoms with E-state index in [9.17, 15) is 9.18 Å². The third kappa shape index (κ3) is 4.07. The second-order valence-corrected chi connectivity index (χ2v) is 10.4. The average molecular weight is 517 g/mol. The summed E-state index contributed by atoms with van der Waals surface area (Å²) in [5.41, 5.74) is 9.13. The van der Waals surface area contributed by atoms with Gasteiger partial charge in [-0.3, -0.25) is 9.13 Å². The van der Waals surface area contributed by atoms with E-state index in [1.807, 2.05) is 12.1 Å². The zero-order valence-electron chi connectivity index (χ0n) is 21.0. The molecule has 1 saturated heterocycles. The minimum atomic E-state index is -0.202. The van der Waals surface area contributed by atoms with E-state index in [2.05, 4.69) is 15.0 Å². The van der Waals surface area contributed by atoms with Crippen LogP contribution in [0.1, 0.15) is 37.2 Å². The molecule has 2 aliphatic rings. The summed E-state index contributed by atoms with van der Waals surface area (Å²) in [5.74, 6) is 1.82. The van der Waals surface area contributed by atoms with Crippen LogP contribution in [0.4, 0.5) is 10.3 Å². The fraction of sp³-hybridized carbons (Fsp3) is 0.407. The molecular formula is C27H29FN8O2. The zero-order valence-corrected chi connectivity index (χ0v) is 21.0. The van der Waals surface area contributed by atoms with Crippen LogP contribution in [-0.4, -0.2) is 53.3 Å². The number of piperidine rings is 1. The molecule has 1 aliphatic carbocycles. The first-order valence-electron chi connectivity index (χ1n) is 13.2. The summed E-state index contributed by atoms with van der Waals surface area (Å²) >= 11 is 0. The maximum absolute atomic E-state index is 13.7. The van der Waals surface area contributed by atoms with Crippen LogP contribution in [0.15, 0.2) is 51.9 Å². The molecule has 0 atom stereocenters. The van der Waals surface area contributed by atoms with Gasteiger partial charge in [0.1, 0.15) is 11.3 Å². The van der Waals surface area contributed by atoms with Gasteiger partial charge in [-0.25, -0.2) is 14.2 Å². The number of furan rings is 1. The summed E-state index contributed by atoms with van der Waals surface area (Å²) in [6.07, 6.45) is 5.81. The molecule has 0 radical (unpaired) electrons. The molecule has 1 saturated carbocycles. The van der Waals surface area contributed by atoms with Crippen molar-refractivity contribution in [1.29, 1.82) is 0 Å². The first kappa shape index (κ1) is 23.2. The Kier molecular flexibility index (Phi) is 5.54. The minimum Gasteiger partial charge on any atom is -0.461 e. The molecule has 4 aromatic heterocycles. The topological polar surface area (TPSA) is 112 Å². The van der Waals surface area contributed by atoms with Crippen molar-refractivity contribution in [3.8, 4) is 11.6 Å². The van der Waals surface area contributed by atoms with Crippen LogP contribution in [0.25, 0.3) is 28.4 Å². The number of halogens is 1. The number of nitrogens with zero attached hydrogens (tertiary/aromatic N) is 7. The number of rotatable bonds is 7. The Morgan fingerprint density at radius 1 is 0.974 bits per heavy atom. The first-order valence-corrected chi connectivity index (χ1v) is 13.2. The Hall–Kier alpha value is -3.99. The number of aromatic nitrogens is 6. The van der Waals surface area contributed by atoms with Gasteiger partial charge in [-0.15, -0.1) is 5.10 Å². The lowest BCUT2D eigenvalue weighted by molar-refractivity contribution is 0.205. The van der Waals surface area contributed by atoms with Gasteiger partial charge in [-0.1, -0.05) is 12.1 Å². The normalized spacial score (nSPS) is 17.2. The smallest absolute Gasteiger partial charge is 0.330 e. The van der Waals surface area contributed by atoms with Crippen LogP contribution in [0.3, 0.4) is 0 Å². The van der Waals surface area contributed by atoms with Gasteiger partial charge in [0.05, 0.1) is 6.26 Å². The van der Waals surface area contributed by atoms with E-state index < -0.39 is 0 Å². The van der Waals surface area contributed by atoms with Crippen molar-refractivity contribution in [3.63, 3.8) is 0 Å². The molecule has 5 heterocycles. The number of anilines is 1. The molecular weight excluding hydrogens is 487 g/mol. The molecule has 0 unspecified atom stereocenters. The highest BCUT2D eigenvalue weighted by molar-refractivity contribution is 5.88. The fourth-order valence-corrected chi connectivity index (χ4v) is 5.60. The van der Waals surface area contributed by atoms with Crippen molar-refractivity contribution in [2.24, 2.45) is 5.92 Å². The maximum Gasteiger partial charge on any atom is 0.330 e. The summed E-state index contributed by atoms with van der Waals surface area (Å²) in [7, 11) is 0. The van der Waals surface area contributed by atoms with Crippen molar-refractivity contribution in [2.75, 3.05) is 25.4 Å². The lowest BCUT2D eigenvalue weighted by atomic mass is 9.89. The van der Waals surface area contributed by atoms with Crippen LogP contribution < -0.4 is 11.4 Å². The van der Waals surface area contributed by atoms with Crippen molar-refractivity contribution >= 4 is 22.8 Å². The molecule has 1 aliphatic heterocycles. The Morgan fingerprint density at radius 2 is 1.76 bits per heavy atom. The summed E-state index contributed by atoms with van der Waals surface area (Å²) in [6, 6.07) is 10.4. The van der Waals surface area contributed by atoms with Gasteiger partial charge < -0.3 is 15.1 Å². The predicted octanol–water partition coefficient (Wildman–Crippen LogP) is 3.51. The standard InChI is InChI=1S/C27H29FN8O2/c28-20-7-5-18(6-8-20)19-9-11-33(12-10-19)13-14-34-24-22(35(27(34)37)16-17-3-4-17)25-30-23(21-2-1-15-38-21)32-36(25)26(29)31-24/h1-2,5-8,15,17,19H,3-4,9-14,16H2,(H2,29,31). The van der Waals surface area contributed by atoms with Gasteiger partial charge in [0.15, 0.2) is 17.1 Å². The summed E-state index contributed by atoms with van der Waals surface area (Å²) in [5, 5.41) is 4.51. The van der Waals surface area contributed by atoms with Gasteiger partial charge >= 0.3 is 5.69 Å². The molecule has 0 spiro atoms. The molecule has 1 aromatic carbocycles. The molecule has 196 valence electrons. The summed E-state index contributed by atoms with van der Waals surface area (Å²) < 4.78 is 23.8. The molecule has 2 fully saturated rings. The van der Waals surface area contributed by atoms with Gasteiger partial charge in [0.2, 0.25) is 11.8 Å². The van der Waals surface area contributed by atoms with Crippen LogP contribution in [-0.2, 0) is 13.1 Å². The van der Waals surface area contributed by atoms with Crippen molar-refractivity contribution in [2.45, 2.75) is 44.7 Å². The van der Waals surface area contributed by atoms with Gasteiger partial charge in [-0.05, 0) is 80.4 Å². The van der Waals surface area contributed by atoms with Gasteiger partial charge in [0, 0.05) is 19.6 Å². The Bertz CT molecular complexity index is 1660. The lowest BCUT2D eigenvalue weighted by Crippen LogP contribution is -2.37. The van der Waals surface area contributed by atoms with E-state index in [0.29, 0.717) is 53.3 Å². The highest BCUT2D eigenvalue weighted by Crippen LogP contribution is 2.32. The second kappa shape index (κ2) is 9.09. The largest absolute Gasteiger partial charge is 0.461 e. The van der Waals surface area contributed by atoms with Crippen LogP contribution in [0.5, 0.6) is 0 Å². The number of benzene rings is 1. The monoisotopic (exact) mass is 516 g/mol. The number of nitrogens with two attached hydrogens (primary N) is 1. The van der Waals surface area contributed by atoms with E-state index in [0.717, 1.165) is 45.3 Å². The first-order chi connectivity index (χ1) is 18.5. The third-order valence-electron chi connectivity index (χ3n) is 7.90. The van der Waals surface area contributed by atoms with Crippen molar-refractivity contribution in [3.05, 3.63) is 64.5 Å². The second-order valence-electron chi connectivity index (χ2n) is 10.4. The van der Waals surface area contributed by atoms with Gasteiger partial charge in [0.25, 0.3) is 0 Å². The Labute approximate surface area is 217 Å². The van der Waals surface area contributed by atoms with E-state index >= 15 is 0 Å². The molecule has 38 heavy (non-hydrogen) atoms. The summed E-state index contributed by atoms with van der Waals surface area (Å²) in [6.45, 7) is 3.73. The minimum absolute atomic E-state index is 0.0874. The van der Waals surface area contributed by atoms with Crippen LogP contribution >= 0.6 is 0 Å². The summed E-state index contributed by atoms with van der Waals surface area (Å²) in [4.78, 5) is 25.4. The predicted molar refractivity (Wildman–Crippen MR) is 140 cm³/mol. The Morgan fingerprint density at radius 3 is 2.47 bits per heavy atom. The van der Waals surface area contributed by atoms with Crippen LogP contribution in [0, 0.1) is 11.7 Å². The Balaban J connectivity index is 1.18. The maximum atomic E-state index is 13.7. The molecule has 11 heteroatoms. The lowest BCUT2D eigenvalue weighted by Gasteiger charge is -2.32. The molecule has 7 rings (SSSR count). The molecule has 10 nitrogen and oxygen atoms in total. The van der Waals surface area contributed by atoms with E-state index in [1.54, 1.807) is 27.5 Å². The zero-order chi connectivity index (χ0) is 25.8. The SMILES string of the molecule is Nc1nc2c(c3nc(-c4ccco4)nn13)n(CC1CC1)c(=O)n2CCN1CCC(c2ccc(F)cc2)CC1. The number of imidazole rings is 1. The average Bonchev–Trinajstić information content (AvgIpc) is 3.29. The van der Waals surface area contributed by atoms with E-state index in [1.165, 1.54) is 22.2 Å². The number of fused-ring (bicyclic) bond motifs is 3. The molecule has 0 bridgehead atoms. The van der Waals surface area contributed by atoms with Crippen LogP contribution in [0.2, 0.25) is 0 Å². The molecule has 2 N–H and O–H groups in total. The van der Waals surface area contributed by atoms with Crippen molar-refractivity contribution < 1.29 is 8.81 Å². The number of hydrogen-bond donors (Lipinski definition) is 1. The molecule has 5 aromatic rings. The number of likely N-dealkylation sites (tertiary alicyclic amines) is 1. The fourth-order valence-electron chi connectivity index (χ4n) is 5.60. The quantitative estimate of drug-likeness (QED) is 0.352. The van der Waals surface area contributed by atoms with E-state index in [-0.39, 0.29) is 17.5 Å². The highest BCUT2D eigenvalue weighted by atomic mass is 19.1.